The number of amides is 3. The minimum absolute atomic E-state index is 0.0487. The van der Waals surface area contributed by atoms with Crippen LogP contribution in [-0.4, -0.2) is 40.4 Å². The Morgan fingerprint density at radius 1 is 1.10 bits per heavy atom. The molecule has 3 atom stereocenters. The molecule has 0 bridgehead atoms. The molecule has 3 N–H and O–H groups in total. The second-order valence-electron chi connectivity index (χ2n) is 10.8. The number of hydroxylamine groups is 1. The van der Waals surface area contributed by atoms with Gasteiger partial charge in [0.05, 0.1) is 10.9 Å². The molecule has 2 aromatic carbocycles. The van der Waals surface area contributed by atoms with E-state index >= 15 is 0 Å². The number of hydrogen-bond donors (Lipinski definition) is 3. The molecule has 1 aliphatic heterocycles. The van der Waals surface area contributed by atoms with Crippen molar-refractivity contribution in [2.75, 3.05) is 6.54 Å². The third kappa shape index (κ3) is 8.26. The first-order chi connectivity index (χ1) is 18.6. The van der Waals surface area contributed by atoms with Crippen LogP contribution in [0, 0.1) is 23.6 Å². The second-order valence-corrected chi connectivity index (χ2v) is 11.2. The third-order valence-electron chi connectivity index (χ3n) is 7.24. The van der Waals surface area contributed by atoms with Gasteiger partial charge in [0.25, 0.3) is 0 Å². The highest BCUT2D eigenvalue weighted by molar-refractivity contribution is 6.31. The fourth-order valence-corrected chi connectivity index (χ4v) is 5.47. The smallest absolute Gasteiger partial charge is 0.247 e. The molecule has 0 saturated carbocycles. The van der Waals surface area contributed by atoms with Crippen LogP contribution in [0.3, 0.4) is 0 Å². The highest BCUT2D eigenvalue weighted by atomic mass is 35.5. The molecule has 1 aliphatic rings. The quantitative estimate of drug-likeness (QED) is 0.242. The first-order valence-corrected chi connectivity index (χ1v) is 14.1. The van der Waals surface area contributed by atoms with Crippen molar-refractivity contribution in [1.82, 2.24) is 15.7 Å². The maximum Gasteiger partial charge on any atom is 0.247 e. The van der Waals surface area contributed by atoms with Gasteiger partial charge in [-0.2, -0.15) is 0 Å². The van der Waals surface area contributed by atoms with Crippen LogP contribution in [-0.2, 0) is 20.9 Å². The van der Waals surface area contributed by atoms with Crippen molar-refractivity contribution in [2.45, 2.75) is 71.9 Å². The molecular formula is C30H39ClFN3O4. The molecular weight excluding hydrogens is 521 g/mol. The highest BCUT2D eigenvalue weighted by Crippen LogP contribution is 2.28. The molecule has 0 spiro atoms. The van der Waals surface area contributed by atoms with Crippen molar-refractivity contribution in [3.63, 3.8) is 0 Å². The minimum atomic E-state index is -0.687. The summed E-state index contributed by atoms with van der Waals surface area (Å²) in [6.45, 7) is 6.82. The topological polar surface area (TPSA) is 98.7 Å². The largest absolute Gasteiger partial charge is 0.344 e. The van der Waals surface area contributed by atoms with Gasteiger partial charge in [-0.25, -0.2) is 9.87 Å². The molecule has 1 fully saturated rings. The Labute approximate surface area is 235 Å². The van der Waals surface area contributed by atoms with Crippen molar-refractivity contribution in [3.8, 4) is 11.1 Å². The lowest BCUT2D eigenvalue weighted by Crippen LogP contribution is -2.51. The standard InChI is InChI=1S/C30H39ClFN3O4/c1-4-8-23(29(37)34-39)24(15-19(2)3)28(36)33-27-11-5-6-14-35(30(27)38)18-20-9-7-10-21(16-20)22-12-13-26(32)25(31)17-22/h7,9-10,12-13,16-17,19,23-24,27,39H,4-6,8,11,14-15,18H2,1-3H3,(H,33,36)(H,34,37)/t23?,24?,27-/m0/s1. The Balaban J connectivity index is 1.77. The van der Waals surface area contributed by atoms with Gasteiger partial charge in [-0.15, -0.1) is 0 Å². The predicted molar refractivity (Wildman–Crippen MR) is 149 cm³/mol. The molecule has 1 heterocycles. The van der Waals surface area contributed by atoms with Crippen LogP contribution in [0.25, 0.3) is 11.1 Å². The summed E-state index contributed by atoms with van der Waals surface area (Å²) in [5.74, 6) is -2.72. The Morgan fingerprint density at radius 3 is 2.51 bits per heavy atom. The zero-order valence-corrected chi connectivity index (χ0v) is 23.6. The fourth-order valence-electron chi connectivity index (χ4n) is 5.29. The van der Waals surface area contributed by atoms with Gasteiger partial charge in [0, 0.05) is 19.0 Å². The number of rotatable bonds is 11. The molecule has 3 rings (SSSR count). The van der Waals surface area contributed by atoms with Crippen molar-refractivity contribution in [2.24, 2.45) is 17.8 Å². The molecule has 2 aromatic rings. The molecule has 0 aromatic heterocycles. The number of nitrogens with zero attached hydrogens (tertiary/aromatic N) is 1. The van der Waals surface area contributed by atoms with E-state index in [-0.39, 0.29) is 22.8 Å². The third-order valence-corrected chi connectivity index (χ3v) is 7.53. The van der Waals surface area contributed by atoms with Crippen LogP contribution in [0.4, 0.5) is 4.39 Å². The van der Waals surface area contributed by atoms with Crippen LogP contribution >= 0.6 is 11.6 Å². The van der Waals surface area contributed by atoms with E-state index in [2.05, 4.69) is 5.32 Å². The average molecular weight is 560 g/mol. The number of carbonyl (C=O) groups is 3. The van der Waals surface area contributed by atoms with Crippen molar-refractivity contribution < 1.29 is 24.0 Å². The van der Waals surface area contributed by atoms with E-state index in [0.29, 0.717) is 38.8 Å². The Kier molecular flexibility index (Phi) is 11.3. The Morgan fingerprint density at radius 2 is 1.85 bits per heavy atom. The van der Waals surface area contributed by atoms with Crippen LogP contribution < -0.4 is 10.8 Å². The monoisotopic (exact) mass is 559 g/mol. The molecule has 2 unspecified atom stereocenters. The summed E-state index contributed by atoms with van der Waals surface area (Å²) in [5.41, 5.74) is 4.27. The van der Waals surface area contributed by atoms with Gasteiger partial charge in [-0.05, 0) is 72.9 Å². The SMILES string of the molecule is CCCC(C(=O)NO)C(CC(C)C)C(=O)N[C@H]1CCCCN(Cc2cccc(-c3ccc(F)c(Cl)c3)c2)C1=O. The maximum absolute atomic E-state index is 13.6. The first-order valence-electron chi connectivity index (χ1n) is 13.7. The normalized spacial score (nSPS) is 17.5. The maximum atomic E-state index is 13.6. The number of nitrogens with one attached hydrogen (secondary N) is 2. The second kappa shape index (κ2) is 14.4. The van der Waals surface area contributed by atoms with E-state index in [1.807, 2.05) is 45.0 Å². The highest BCUT2D eigenvalue weighted by Gasteiger charge is 2.36. The zero-order valence-electron chi connectivity index (χ0n) is 22.9. The van der Waals surface area contributed by atoms with Crippen molar-refractivity contribution >= 4 is 29.3 Å². The average Bonchev–Trinajstić information content (AvgIpc) is 3.08. The van der Waals surface area contributed by atoms with E-state index < -0.39 is 29.6 Å². The van der Waals surface area contributed by atoms with Gasteiger partial charge in [-0.1, -0.05) is 63.1 Å². The summed E-state index contributed by atoms with van der Waals surface area (Å²) in [6.07, 6.45) is 3.72. The van der Waals surface area contributed by atoms with Crippen LogP contribution in [0.1, 0.15) is 64.9 Å². The number of carbonyl (C=O) groups excluding carboxylic acids is 3. The summed E-state index contributed by atoms with van der Waals surface area (Å²) in [7, 11) is 0. The molecule has 7 nitrogen and oxygen atoms in total. The van der Waals surface area contributed by atoms with Crippen LogP contribution in [0.15, 0.2) is 42.5 Å². The number of halogens is 2. The van der Waals surface area contributed by atoms with Gasteiger partial charge < -0.3 is 10.2 Å². The summed E-state index contributed by atoms with van der Waals surface area (Å²) in [4.78, 5) is 41.2. The van der Waals surface area contributed by atoms with E-state index in [1.54, 1.807) is 22.5 Å². The summed E-state index contributed by atoms with van der Waals surface area (Å²) >= 11 is 5.97. The molecule has 3 amide bonds. The van der Waals surface area contributed by atoms with Gasteiger partial charge in [0.15, 0.2) is 0 Å². The van der Waals surface area contributed by atoms with E-state index in [1.165, 1.54) is 6.07 Å². The van der Waals surface area contributed by atoms with E-state index in [4.69, 9.17) is 11.6 Å². The Bertz CT molecular complexity index is 1160. The lowest BCUT2D eigenvalue weighted by Gasteiger charge is -2.29. The van der Waals surface area contributed by atoms with E-state index in [0.717, 1.165) is 29.5 Å². The summed E-state index contributed by atoms with van der Waals surface area (Å²) < 4.78 is 13.6. The molecule has 0 radical (unpaired) electrons. The number of likely N-dealkylation sites (tertiary alicyclic amines) is 1. The first kappa shape index (κ1) is 30.6. The molecule has 39 heavy (non-hydrogen) atoms. The van der Waals surface area contributed by atoms with Crippen LogP contribution in [0.5, 0.6) is 0 Å². The fraction of sp³-hybridized carbons (Fsp3) is 0.500. The molecule has 0 aliphatic carbocycles. The lowest BCUT2D eigenvalue weighted by atomic mass is 9.81. The van der Waals surface area contributed by atoms with Crippen molar-refractivity contribution in [1.29, 1.82) is 0 Å². The molecule has 1 saturated heterocycles. The van der Waals surface area contributed by atoms with Gasteiger partial charge in [-0.3, -0.25) is 19.6 Å². The molecule has 212 valence electrons. The van der Waals surface area contributed by atoms with Gasteiger partial charge in [0.2, 0.25) is 17.7 Å². The minimum Gasteiger partial charge on any atom is -0.344 e. The lowest BCUT2D eigenvalue weighted by molar-refractivity contribution is -0.143. The zero-order chi connectivity index (χ0) is 28.5. The number of benzene rings is 2. The van der Waals surface area contributed by atoms with E-state index in [9.17, 15) is 24.0 Å². The summed E-state index contributed by atoms with van der Waals surface area (Å²) in [6, 6.07) is 11.6. The predicted octanol–water partition coefficient (Wildman–Crippen LogP) is 5.73. The van der Waals surface area contributed by atoms with Crippen LogP contribution in [0.2, 0.25) is 5.02 Å². The van der Waals surface area contributed by atoms with Gasteiger partial charge >= 0.3 is 0 Å². The Hall–Kier alpha value is -2.97. The summed E-state index contributed by atoms with van der Waals surface area (Å²) in [5, 5.41) is 12.3. The molecule has 9 heteroatoms. The number of hydrogen-bond acceptors (Lipinski definition) is 4. The van der Waals surface area contributed by atoms with Gasteiger partial charge in [0.1, 0.15) is 11.9 Å². The van der Waals surface area contributed by atoms with Crippen molar-refractivity contribution in [3.05, 3.63) is 58.9 Å².